The van der Waals surface area contributed by atoms with E-state index in [-0.39, 0.29) is 23.8 Å². The number of anilines is 2. The average Bonchev–Trinajstić information content (AvgIpc) is 3.42. The van der Waals surface area contributed by atoms with Crippen LogP contribution in [0.3, 0.4) is 0 Å². The normalized spacial score (nSPS) is 14.3. The van der Waals surface area contributed by atoms with E-state index in [0.717, 1.165) is 30.2 Å². The maximum atomic E-state index is 13.8. The molecule has 196 valence electrons. The Morgan fingerprint density at radius 1 is 1.03 bits per heavy atom. The van der Waals surface area contributed by atoms with E-state index in [1.807, 2.05) is 19.2 Å². The Labute approximate surface area is 222 Å². The van der Waals surface area contributed by atoms with Crippen molar-refractivity contribution in [3.05, 3.63) is 70.2 Å². The molecule has 3 aromatic rings. The molecule has 1 aromatic heterocycles. The Morgan fingerprint density at radius 3 is 2.30 bits per heavy atom. The van der Waals surface area contributed by atoms with Gasteiger partial charge in [0.05, 0.1) is 5.56 Å². The smallest absolute Gasteiger partial charge is 0.368 e. The van der Waals surface area contributed by atoms with E-state index in [1.165, 1.54) is 6.07 Å². The minimum Gasteiger partial charge on any atom is -0.368 e. The van der Waals surface area contributed by atoms with Crippen molar-refractivity contribution < 1.29 is 18.0 Å². The van der Waals surface area contributed by atoms with Crippen molar-refractivity contribution in [2.24, 2.45) is 0 Å². The number of likely N-dealkylation sites (N-methyl/N-ethyl adjacent to an activating group) is 1. The first-order valence-electron chi connectivity index (χ1n) is 11.5. The zero-order valence-electron chi connectivity index (χ0n) is 20.0. The number of thiocarbonyl (C=S) groups is 1. The summed E-state index contributed by atoms with van der Waals surface area (Å²) in [5, 5.41) is 14.4. The van der Waals surface area contributed by atoms with Gasteiger partial charge in [-0.2, -0.15) is 13.2 Å². The molecule has 2 aromatic carbocycles. The van der Waals surface area contributed by atoms with Gasteiger partial charge in [0.15, 0.2) is 10.8 Å². The lowest BCUT2D eigenvalue weighted by Gasteiger charge is -2.35. The first kappa shape index (κ1) is 26.8. The van der Waals surface area contributed by atoms with E-state index in [0.29, 0.717) is 36.0 Å². The maximum absolute atomic E-state index is 13.8. The van der Waals surface area contributed by atoms with Gasteiger partial charge in [0, 0.05) is 56.0 Å². The van der Waals surface area contributed by atoms with Gasteiger partial charge in [0.25, 0.3) is 5.91 Å². The second-order valence-electron chi connectivity index (χ2n) is 8.62. The van der Waals surface area contributed by atoms with Crippen LogP contribution in [-0.2, 0) is 19.3 Å². The van der Waals surface area contributed by atoms with Crippen molar-refractivity contribution in [2.75, 3.05) is 43.4 Å². The quantitative estimate of drug-likeness (QED) is 0.385. The molecule has 3 N–H and O–H groups in total. The van der Waals surface area contributed by atoms with Crippen LogP contribution in [0.25, 0.3) is 0 Å². The summed E-state index contributed by atoms with van der Waals surface area (Å²) in [6.45, 7) is 3.13. The largest absolute Gasteiger partial charge is 0.418 e. The number of alkyl halides is 3. The minimum atomic E-state index is -4.45. The zero-order chi connectivity index (χ0) is 26.4. The van der Waals surface area contributed by atoms with Gasteiger partial charge in [0.1, 0.15) is 0 Å². The molecule has 0 aliphatic carbocycles. The van der Waals surface area contributed by atoms with Gasteiger partial charge in [-0.25, -0.2) is 0 Å². The minimum absolute atomic E-state index is 0.161. The third kappa shape index (κ3) is 7.37. The van der Waals surface area contributed by atoms with E-state index in [1.54, 1.807) is 34.5 Å². The maximum Gasteiger partial charge on any atom is 0.418 e. The lowest BCUT2D eigenvalue weighted by Crippen LogP contribution is -2.45. The van der Waals surface area contributed by atoms with Crippen LogP contribution in [0.4, 0.5) is 24.5 Å². The van der Waals surface area contributed by atoms with E-state index < -0.39 is 11.7 Å². The van der Waals surface area contributed by atoms with Gasteiger partial charge in [-0.15, -0.1) is 5.10 Å². The number of piperazine rings is 1. The number of amides is 1. The number of nitrogens with one attached hydrogen (secondary N) is 3. The van der Waals surface area contributed by atoms with Gasteiger partial charge in [-0.1, -0.05) is 22.7 Å². The molecular weight excluding hydrogens is 523 g/mol. The van der Waals surface area contributed by atoms with E-state index >= 15 is 0 Å². The lowest BCUT2D eigenvalue weighted by atomic mass is 10.1. The molecule has 8 nitrogen and oxygen atoms in total. The molecule has 1 aliphatic heterocycles. The Hall–Kier alpha value is -3.29. The number of carbonyl (C=O) groups is 1. The van der Waals surface area contributed by atoms with E-state index in [4.69, 9.17) is 12.2 Å². The van der Waals surface area contributed by atoms with Crippen LogP contribution in [0, 0.1) is 0 Å². The number of aromatic nitrogens is 2. The average molecular weight is 550 g/mol. The number of rotatable bonds is 7. The van der Waals surface area contributed by atoms with Crippen molar-refractivity contribution in [1.29, 1.82) is 0 Å². The second-order valence-corrected chi connectivity index (χ2v) is 9.64. The van der Waals surface area contributed by atoms with Crippen molar-refractivity contribution in [3.63, 3.8) is 0 Å². The Bertz CT molecular complexity index is 1210. The molecule has 2 heterocycles. The summed E-state index contributed by atoms with van der Waals surface area (Å²) in [6.07, 6.45) is -4.45. The summed E-state index contributed by atoms with van der Waals surface area (Å²) in [5.74, 6) is -0.338. The Kier molecular flexibility index (Phi) is 8.56. The number of hydrogen-bond donors (Lipinski definition) is 3. The van der Waals surface area contributed by atoms with Crippen LogP contribution in [-0.4, -0.2) is 58.7 Å². The predicted molar refractivity (Wildman–Crippen MR) is 142 cm³/mol. The highest BCUT2D eigenvalue weighted by atomic mass is 32.1. The summed E-state index contributed by atoms with van der Waals surface area (Å²) in [7, 11) is 1.96. The lowest BCUT2D eigenvalue weighted by molar-refractivity contribution is -0.137. The summed E-state index contributed by atoms with van der Waals surface area (Å²) < 4.78 is 45.1. The summed E-state index contributed by atoms with van der Waals surface area (Å²) in [4.78, 5) is 15.9. The molecule has 0 unspecified atom stereocenters. The molecule has 0 spiro atoms. The van der Waals surface area contributed by atoms with Crippen molar-refractivity contribution in [1.82, 2.24) is 25.1 Å². The molecule has 0 radical (unpaired) electrons. The highest BCUT2D eigenvalue weighted by molar-refractivity contribution is 7.80. The predicted octanol–water partition coefficient (Wildman–Crippen LogP) is 3.73. The topological polar surface area (TPSA) is 85.4 Å². The van der Waals surface area contributed by atoms with Crippen LogP contribution >= 0.6 is 23.8 Å². The van der Waals surface area contributed by atoms with Gasteiger partial charge in [0.2, 0.25) is 0 Å². The molecule has 1 aliphatic rings. The monoisotopic (exact) mass is 549 g/mol. The van der Waals surface area contributed by atoms with Crippen molar-refractivity contribution in [3.8, 4) is 0 Å². The zero-order valence-corrected chi connectivity index (χ0v) is 21.6. The van der Waals surface area contributed by atoms with E-state index in [9.17, 15) is 18.0 Å². The third-order valence-corrected chi connectivity index (χ3v) is 6.71. The molecule has 1 saturated heterocycles. The van der Waals surface area contributed by atoms with Gasteiger partial charge in [-0.05, 0) is 66.2 Å². The Morgan fingerprint density at radius 2 is 1.68 bits per heavy atom. The number of carbonyl (C=O) groups excluding carboxylic acids is 1. The molecule has 0 saturated carbocycles. The summed E-state index contributed by atoms with van der Waals surface area (Å²) in [6, 6.07) is 11.6. The number of benzene rings is 2. The molecule has 1 fully saturated rings. The highest BCUT2D eigenvalue weighted by Gasteiger charge is 2.35. The molecule has 13 heteroatoms. The second kappa shape index (κ2) is 11.8. The van der Waals surface area contributed by atoms with E-state index in [2.05, 4.69) is 30.4 Å². The molecular formula is C24H26F3N7OS2. The fraction of sp³-hybridized carbons (Fsp3) is 0.333. The molecule has 4 rings (SSSR count). The van der Waals surface area contributed by atoms with Gasteiger partial charge < -0.3 is 25.8 Å². The third-order valence-electron chi connectivity index (χ3n) is 5.92. The van der Waals surface area contributed by atoms with Crippen LogP contribution in [0.2, 0.25) is 0 Å². The van der Waals surface area contributed by atoms with Crippen LogP contribution in [0.15, 0.2) is 47.8 Å². The van der Waals surface area contributed by atoms with Crippen molar-refractivity contribution in [2.45, 2.75) is 19.3 Å². The standard InChI is InChI=1S/C24H26F3N7OS2/c1-33-8-10-34(11-9-33)21-7-4-17(12-19(21)24(25,26)27)14-29-23(36)28-13-16-2-5-18(6-3-16)30-22(35)20-15-37-32-31-20/h2-7,12,15H,8-11,13-14H2,1H3,(H,30,35)(H2,28,29,36). The fourth-order valence-electron chi connectivity index (χ4n) is 3.84. The summed E-state index contributed by atoms with van der Waals surface area (Å²) >= 11 is 6.40. The molecule has 37 heavy (non-hydrogen) atoms. The molecule has 0 atom stereocenters. The van der Waals surface area contributed by atoms with Gasteiger partial charge in [-0.3, -0.25) is 4.79 Å². The highest BCUT2D eigenvalue weighted by Crippen LogP contribution is 2.37. The molecule has 0 bridgehead atoms. The fourth-order valence-corrected chi connectivity index (χ4v) is 4.42. The van der Waals surface area contributed by atoms with Crippen LogP contribution in [0.1, 0.15) is 27.2 Å². The Balaban J connectivity index is 1.28. The van der Waals surface area contributed by atoms with Crippen molar-refractivity contribution >= 4 is 46.1 Å². The number of halogens is 3. The van der Waals surface area contributed by atoms with Crippen LogP contribution in [0.5, 0.6) is 0 Å². The SMILES string of the molecule is CN1CCN(c2ccc(CNC(=S)NCc3ccc(NC(=O)c4csnn4)cc3)cc2C(F)(F)F)CC1. The summed E-state index contributed by atoms with van der Waals surface area (Å²) in [5.41, 5.74) is 1.85. The number of nitrogens with zero attached hydrogens (tertiary/aromatic N) is 4. The van der Waals surface area contributed by atoms with Crippen LogP contribution < -0.4 is 20.9 Å². The molecule has 1 amide bonds. The number of hydrogen-bond acceptors (Lipinski definition) is 7. The first-order valence-corrected chi connectivity index (χ1v) is 12.8. The first-order chi connectivity index (χ1) is 17.7. The van der Waals surface area contributed by atoms with Gasteiger partial charge >= 0.3 is 6.18 Å².